The maximum Gasteiger partial charge on any atom is 0.363 e. The van der Waals surface area contributed by atoms with Gasteiger partial charge in [0, 0.05) is 24.1 Å². The molecule has 0 aliphatic heterocycles. The van der Waals surface area contributed by atoms with Gasteiger partial charge in [-0.05, 0) is 75.1 Å². The average Bonchev–Trinajstić information content (AvgIpc) is 3.78. The Morgan fingerprint density at radius 1 is 0.891 bits per heavy atom. The van der Waals surface area contributed by atoms with Crippen LogP contribution in [0.1, 0.15) is 109 Å². The fourth-order valence-electron chi connectivity index (χ4n) is 6.79. The number of benzene rings is 3. The number of furan rings is 1. The van der Waals surface area contributed by atoms with E-state index in [9.17, 15) is 43.7 Å². The summed E-state index contributed by atoms with van der Waals surface area (Å²) in [5, 5.41) is 19.8. The van der Waals surface area contributed by atoms with E-state index in [1.807, 2.05) is 13.0 Å². The number of carbonyl (C=O) groups excluding carboxylic acids is 7. The maximum atomic E-state index is 13.6. The lowest BCUT2D eigenvalue weighted by Gasteiger charge is -2.32. The van der Waals surface area contributed by atoms with Crippen LogP contribution in [0.4, 0.5) is 5.69 Å². The molecule has 0 bridgehead atoms. The Morgan fingerprint density at radius 3 is 2.27 bits per heavy atom. The Morgan fingerprint density at radius 2 is 1.62 bits per heavy atom. The van der Waals surface area contributed by atoms with Gasteiger partial charge in [0.1, 0.15) is 29.9 Å². The van der Waals surface area contributed by atoms with E-state index in [2.05, 4.69) is 16.0 Å². The minimum absolute atomic E-state index is 0.00766. The highest BCUT2D eigenvalue weighted by atomic mass is 16.7. The second kappa shape index (κ2) is 24.3. The smallest absolute Gasteiger partial charge is 0.363 e. The number of esters is 1. The molecule has 0 saturated carbocycles. The molecule has 0 unspecified atom stereocenters. The lowest BCUT2D eigenvalue weighted by molar-refractivity contribution is -0.384. The molecular weight excluding hydrogens is 831 g/mol. The molecule has 18 nitrogen and oxygen atoms in total. The third-order valence-electron chi connectivity index (χ3n) is 10.1. The fraction of sp³-hybridized carbons (Fsp3) is 0.370. The number of hydrogen-bond donors (Lipinski definition) is 3. The molecule has 3 atom stereocenters. The van der Waals surface area contributed by atoms with Crippen LogP contribution in [-0.2, 0) is 35.4 Å². The van der Waals surface area contributed by atoms with E-state index in [1.54, 1.807) is 44.2 Å². The summed E-state index contributed by atoms with van der Waals surface area (Å²) in [6.07, 6.45) is 2.83. The maximum absolute atomic E-state index is 13.6. The van der Waals surface area contributed by atoms with Crippen molar-refractivity contribution in [2.45, 2.75) is 91.8 Å². The Bertz CT molecular complexity index is 2290. The highest BCUT2D eigenvalue weighted by molar-refractivity contribution is 6.00. The Labute approximate surface area is 370 Å². The summed E-state index contributed by atoms with van der Waals surface area (Å²) >= 11 is 0. The molecule has 64 heavy (non-hydrogen) atoms. The molecule has 4 aromatic rings. The van der Waals surface area contributed by atoms with Crippen LogP contribution in [0.15, 0.2) is 83.3 Å². The van der Waals surface area contributed by atoms with E-state index in [0.717, 1.165) is 29.5 Å². The first-order chi connectivity index (χ1) is 30.7. The van der Waals surface area contributed by atoms with Crippen molar-refractivity contribution in [3.05, 3.63) is 117 Å². The minimum atomic E-state index is -1.25. The molecule has 0 fully saturated rings. The second-order valence-corrected chi connectivity index (χ2v) is 14.7. The number of amides is 4. The number of unbranched alkanes of at least 4 members (excludes halogenated alkanes) is 2. The van der Waals surface area contributed by atoms with Crippen molar-refractivity contribution >= 4 is 47.5 Å². The molecule has 3 N–H and O–H groups in total. The van der Waals surface area contributed by atoms with E-state index < -0.39 is 52.6 Å². The fourth-order valence-corrected chi connectivity index (χ4v) is 6.79. The zero-order valence-electron chi connectivity index (χ0n) is 36.4. The molecule has 18 heteroatoms. The van der Waals surface area contributed by atoms with Gasteiger partial charge < -0.3 is 34.7 Å². The molecule has 0 aliphatic carbocycles. The number of nitro benzene ring substituents is 1. The van der Waals surface area contributed by atoms with E-state index >= 15 is 0 Å². The van der Waals surface area contributed by atoms with Crippen LogP contribution in [0.5, 0.6) is 5.75 Å². The molecule has 0 aliphatic rings. The van der Waals surface area contributed by atoms with Crippen molar-refractivity contribution in [2.24, 2.45) is 5.92 Å². The van der Waals surface area contributed by atoms with Crippen molar-refractivity contribution in [3.8, 4) is 17.1 Å². The summed E-state index contributed by atoms with van der Waals surface area (Å²) in [6.45, 7) is 8.04. The Kier molecular flexibility index (Phi) is 18.7. The predicted octanol–water partition coefficient (Wildman–Crippen LogP) is 6.39. The summed E-state index contributed by atoms with van der Waals surface area (Å²) < 4.78 is 17.0. The zero-order valence-corrected chi connectivity index (χ0v) is 36.4. The number of Topliss-reactive ketones (excluding diaryl/α,β-unsaturated/α-hetero) is 1. The number of nitrogens with zero attached hydrogens (tertiary/aromatic N) is 2. The molecule has 0 spiro atoms. The van der Waals surface area contributed by atoms with Gasteiger partial charge in [-0.3, -0.25) is 34.1 Å². The number of rotatable bonds is 25. The Hall–Kier alpha value is -7.37. The molecule has 340 valence electrons. The zero-order chi connectivity index (χ0) is 46.8. The van der Waals surface area contributed by atoms with Gasteiger partial charge in [0.05, 0.1) is 41.3 Å². The van der Waals surface area contributed by atoms with Crippen molar-refractivity contribution in [2.75, 3.05) is 13.3 Å². The quantitative estimate of drug-likeness (QED) is 0.0163. The van der Waals surface area contributed by atoms with Crippen LogP contribution in [0.2, 0.25) is 0 Å². The number of ether oxygens (including phenoxy) is 2. The number of carbonyl (C=O) groups is 7. The molecule has 3 aromatic carbocycles. The number of hydrogen-bond acceptors (Lipinski definition) is 13. The van der Waals surface area contributed by atoms with Gasteiger partial charge in [-0.2, -0.15) is 5.06 Å². The number of nitro groups is 1. The monoisotopic (exact) mass is 883 g/mol. The minimum Gasteiger partial charge on any atom is -0.493 e. The number of hydroxylamine groups is 2. The lowest BCUT2D eigenvalue weighted by atomic mass is 9.90. The average molecular weight is 884 g/mol. The summed E-state index contributed by atoms with van der Waals surface area (Å²) in [5.41, 5.74) is 1.30. The molecule has 1 aromatic heterocycles. The van der Waals surface area contributed by atoms with Crippen molar-refractivity contribution in [3.63, 3.8) is 0 Å². The number of ketones is 1. The van der Waals surface area contributed by atoms with Crippen LogP contribution in [0, 0.1) is 23.0 Å². The molecule has 4 amide bonds. The normalized spacial score (nSPS) is 12.1. The largest absolute Gasteiger partial charge is 0.493 e. The number of aryl methyl sites for hydroxylation is 1. The van der Waals surface area contributed by atoms with Crippen LogP contribution >= 0.6 is 0 Å². The summed E-state index contributed by atoms with van der Waals surface area (Å²) in [5.74, 6) is -4.47. The first-order valence-electron chi connectivity index (χ1n) is 20.9. The first kappa shape index (κ1) is 49.3. The summed E-state index contributed by atoms with van der Waals surface area (Å²) in [4.78, 5) is 107. The van der Waals surface area contributed by atoms with Gasteiger partial charge in [0.15, 0.2) is 5.76 Å². The Balaban J connectivity index is 1.41. The highest BCUT2D eigenvalue weighted by Gasteiger charge is 2.34. The van der Waals surface area contributed by atoms with Gasteiger partial charge in [0.25, 0.3) is 17.5 Å². The van der Waals surface area contributed by atoms with E-state index in [0.29, 0.717) is 24.8 Å². The topological polar surface area (TPSA) is 243 Å². The number of non-ortho nitro benzene ring substituents is 1. The van der Waals surface area contributed by atoms with Crippen molar-refractivity contribution in [1.29, 1.82) is 0 Å². The van der Waals surface area contributed by atoms with Gasteiger partial charge in [-0.1, -0.05) is 69.5 Å². The van der Waals surface area contributed by atoms with Crippen LogP contribution in [-0.4, -0.2) is 77.2 Å². The summed E-state index contributed by atoms with van der Waals surface area (Å²) in [7, 11) is 0. The highest BCUT2D eigenvalue weighted by Crippen LogP contribution is 2.30. The number of nitrogens with one attached hydrogen (secondary N) is 3. The van der Waals surface area contributed by atoms with Crippen molar-refractivity contribution in [1.82, 2.24) is 21.0 Å². The second-order valence-electron chi connectivity index (χ2n) is 14.7. The van der Waals surface area contributed by atoms with Crippen LogP contribution < -0.4 is 20.7 Å². The molecule has 1 heterocycles. The summed E-state index contributed by atoms with van der Waals surface area (Å²) in [6, 6.07) is 17.9. The van der Waals surface area contributed by atoms with Gasteiger partial charge >= 0.3 is 11.9 Å². The van der Waals surface area contributed by atoms with Crippen LogP contribution in [0.25, 0.3) is 11.3 Å². The van der Waals surface area contributed by atoms with Crippen molar-refractivity contribution < 1.29 is 57.2 Å². The lowest BCUT2D eigenvalue weighted by Crippen LogP contribution is -2.49. The molecular formula is C46H53N5O13. The first-order valence-corrected chi connectivity index (χ1v) is 20.9. The molecule has 0 saturated heterocycles. The molecule has 0 radical (unpaired) electrons. The standard InChI is InChI=1S/C46H53N5O13/c1-6-9-11-16-35(38(7-2)50(28-52)64-45(57)34-20-18-33(51(59)60)23-29(34)4)42(54)47-27-48-44(56)40-22-21-39(63-40)32-17-19-36(41(25-32)61-8-3)43(55)49-37(24-30(5)53)46(58)62-26-31-14-12-10-13-15-31/h10,12-15,17-23,25,28,35,37-38H,6-9,11,16,24,26-27H2,1-5H3,(H,47,54)(H,48,56)(H,49,55)/t35-,37+,38-/m1/s1. The van der Waals surface area contributed by atoms with E-state index in [4.69, 9.17) is 18.7 Å². The third kappa shape index (κ3) is 13.8. The SMILES string of the molecule is CCCCC[C@@H](C(=O)NCNC(=O)c1ccc(-c2ccc(C(=O)N[C@@H](CC(C)=O)C(=O)OCc3ccccc3)c(OCC)c2)o1)[C@@H](CC)N(C=O)OC(=O)c1ccc([N+](=O)[O-])cc1C. The van der Waals surface area contributed by atoms with Gasteiger partial charge in [0.2, 0.25) is 12.3 Å². The third-order valence-corrected chi connectivity index (χ3v) is 10.1. The van der Waals surface area contributed by atoms with Gasteiger partial charge in [-0.25, -0.2) is 9.59 Å². The van der Waals surface area contributed by atoms with Gasteiger partial charge in [-0.15, -0.1) is 0 Å². The predicted molar refractivity (Wildman–Crippen MR) is 231 cm³/mol. The van der Waals surface area contributed by atoms with Crippen LogP contribution in [0.3, 0.4) is 0 Å². The van der Waals surface area contributed by atoms with E-state index in [1.165, 1.54) is 50.2 Å². The molecule has 4 rings (SSSR count). The van der Waals surface area contributed by atoms with E-state index in [-0.39, 0.29) is 78.2 Å².